The van der Waals surface area contributed by atoms with Crippen LogP contribution in [0, 0.1) is 35.5 Å². The molecule has 0 aliphatic heterocycles. The molecule has 0 rings (SSSR count). The predicted molar refractivity (Wildman–Crippen MR) is 14.9 cm³/mol. The molecule has 0 heterocycles. The van der Waals surface area contributed by atoms with Gasteiger partial charge in [-0.15, -0.1) is 0 Å². The Kier molecular flexibility index (Phi) is 565. The van der Waals surface area contributed by atoms with Gasteiger partial charge in [-0.3, -0.25) is 0 Å². The minimum absolute atomic E-state index is 0. The van der Waals surface area contributed by atoms with Gasteiger partial charge in [-0.2, -0.15) is 0 Å². The molecule has 0 amide bonds. The first kappa shape index (κ1) is 48.3. The molecule has 0 unspecified atom stereocenters. The van der Waals surface area contributed by atoms with Crippen LogP contribution in [-0.4, -0.2) is 0 Å². The zero-order valence-electron chi connectivity index (χ0n) is 6.55. The van der Waals surface area contributed by atoms with E-state index < -0.39 is 0 Å². The molecule has 0 aliphatic rings. The summed E-state index contributed by atoms with van der Waals surface area (Å²) in [6, 6.07) is 0. The topological polar surface area (TPSA) is 71.4 Å². The minimum atomic E-state index is 0. The molecule has 10 heavy (non-hydrogen) atoms. The molecule has 30 valence electrons. The summed E-state index contributed by atoms with van der Waals surface area (Å²) >= 11 is 0. The SMILES string of the molecule is [C-]#N.[C-]#N.[C-]#N.[K+].[K+].[K+].[Zn+2]. The number of hydrogen-bond acceptors (Lipinski definition) is 3. The molecule has 0 spiro atoms. The number of nitrogens with zero attached hydrogens (tertiary/aromatic N) is 3. The van der Waals surface area contributed by atoms with Gasteiger partial charge >= 0.3 is 174 Å². The first-order valence-electron chi connectivity index (χ1n) is 0.671. The quantitative estimate of drug-likeness (QED) is 0.321. The molecule has 0 saturated carbocycles. The van der Waals surface area contributed by atoms with E-state index in [4.69, 9.17) is 35.5 Å². The van der Waals surface area contributed by atoms with Gasteiger partial charge in [0.05, 0.1) is 0 Å². The van der Waals surface area contributed by atoms with Crippen molar-refractivity contribution in [1.82, 2.24) is 0 Å². The fourth-order valence-electron chi connectivity index (χ4n) is 0. The van der Waals surface area contributed by atoms with Crippen molar-refractivity contribution in [3.63, 3.8) is 0 Å². The largest absolute Gasteiger partial charge is 2.00 e. The van der Waals surface area contributed by atoms with Crippen LogP contribution in [0.5, 0.6) is 0 Å². The van der Waals surface area contributed by atoms with Gasteiger partial charge < -0.3 is 35.5 Å². The van der Waals surface area contributed by atoms with E-state index in [1.165, 1.54) is 0 Å². The molecule has 0 fully saturated rings. The summed E-state index contributed by atoms with van der Waals surface area (Å²) in [6.07, 6.45) is 0. The van der Waals surface area contributed by atoms with E-state index >= 15 is 0 Å². The fraction of sp³-hybridized carbons (Fsp3) is 0. The van der Waals surface area contributed by atoms with Crippen molar-refractivity contribution in [3.05, 3.63) is 19.7 Å². The van der Waals surface area contributed by atoms with Crippen LogP contribution in [0.15, 0.2) is 0 Å². The van der Waals surface area contributed by atoms with Crippen molar-refractivity contribution >= 4 is 0 Å². The molecule has 0 saturated heterocycles. The van der Waals surface area contributed by atoms with E-state index in [2.05, 4.69) is 0 Å². The first-order chi connectivity index (χ1) is 3.00. The van der Waals surface area contributed by atoms with Crippen LogP contribution >= 0.6 is 0 Å². The Bertz CT molecular complexity index is 47.5. The van der Waals surface area contributed by atoms with Crippen LogP contribution in [0.2, 0.25) is 0 Å². The Morgan fingerprint density at radius 3 is 0.500 bits per heavy atom. The fourth-order valence-corrected chi connectivity index (χ4v) is 0. The van der Waals surface area contributed by atoms with Gasteiger partial charge in [0.25, 0.3) is 0 Å². The van der Waals surface area contributed by atoms with Crippen molar-refractivity contribution in [1.29, 1.82) is 15.8 Å². The second kappa shape index (κ2) is 117. The van der Waals surface area contributed by atoms with Gasteiger partial charge in [-0.1, -0.05) is 0 Å². The van der Waals surface area contributed by atoms with E-state index in [-0.39, 0.29) is 174 Å². The molecule has 0 aliphatic carbocycles. The van der Waals surface area contributed by atoms with Gasteiger partial charge in [-0.25, -0.2) is 0 Å². The Balaban J connectivity index is -0.00000000225. The molecule has 0 radical (unpaired) electrons. The van der Waals surface area contributed by atoms with E-state index in [1.54, 1.807) is 0 Å². The van der Waals surface area contributed by atoms with Crippen LogP contribution < -0.4 is 154 Å². The first-order valence-corrected chi connectivity index (χ1v) is 0.671. The molecule has 0 N–H and O–H groups in total. The molecule has 0 atom stereocenters. The maximum Gasteiger partial charge on any atom is 2.00 e. The Labute approximate surface area is 202 Å². The monoisotopic (exact) mass is 259 g/mol. The van der Waals surface area contributed by atoms with Gasteiger partial charge in [0, 0.05) is 0 Å². The van der Waals surface area contributed by atoms with Crippen molar-refractivity contribution < 1.29 is 174 Å². The minimum Gasteiger partial charge on any atom is -0.512 e. The van der Waals surface area contributed by atoms with E-state index in [1.807, 2.05) is 0 Å². The third-order valence-corrected chi connectivity index (χ3v) is 0. The zero-order chi connectivity index (χ0) is 6.00. The third-order valence-electron chi connectivity index (χ3n) is 0. The smallest absolute Gasteiger partial charge is 0.512 e. The summed E-state index contributed by atoms with van der Waals surface area (Å²) < 4.78 is 0. The molecular formula is C3K3N3Zn+2. The van der Waals surface area contributed by atoms with Gasteiger partial charge in [0.15, 0.2) is 0 Å². The van der Waals surface area contributed by atoms with Crippen molar-refractivity contribution in [2.75, 3.05) is 0 Å². The summed E-state index contributed by atoms with van der Waals surface area (Å²) in [4.78, 5) is 0. The molecule has 0 aromatic heterocycles. The Morgan fingerprint density at radius 1 is 0.500 bits per heavy atom. The summed E-state index contributed by atoms with van der Waals surface area (Å²) in [5.74, 6) is 0. The average Bonchev–Trinajstić information content (AvgIpc) is 1.81. The van der Waals surface area contributed by atoms with E-state index in [0.717, 1.165) is 0 Å². The molecule has 0 aromatic rings. The van der Waals surface area contributed by atoms with E-state index in [9.17, 15) is 0 Å². The van der Waals surface area contributed by atoms with Crippen LogP contribution in [0.3, 0.4) is 0 Å². The average molecular weight is 261 g/mol. The third kappa shape index (κ3) is 90.7. The second-order valence-corrected chi connectivity index (χ2v) is 0. The number of rotatable bonds is 0. The van der Waals surface area contributed by atoms with Crippen molar-refractivity contribution in [2.24, 2.45) is 0 Å². The standard InChI is InChI=1S/3CN.3K.Zn/c3*1-2;;;;/q3*-1;3*+1;+2. The summed E-state index contributed by atoms with van der Waals surface area (Å²) in [7, 11) is 0. The van der Waals surface area contributed by atoms with Crippen LogP contribution in [0.1, 0.15) is 0 Å². The summed E-state index contributed by atoms with van der Waals surface area (Å²) in [6.45, 7) is 14.2. The van der Waals surface area contributed by atoms with Crippen molar-refractivity contribution in [2.45, 2.75) is 0 Å². The van der Waals surface area contributed by atoms with Gasteiger partial charge in [-0.05, 0) is 0 Å². The molecule has 7 heteroatoms. The predicted octanol–water partition coefficient (Wildman–Crippen LogP) is -8.70. The summed E-state index contributed by atoms with van der Waals surface area (Å²) in [5.41, 5.74) is 0. The van der Waals surface area contributed by atoms with E-state index in [0.29, 0.717) is 0 Å². The molecule has 3 nitrogen and oxygen atoms in total. The van der Waals surface area contributed by atoms with Crippen molar-refractivity contribution in [3.8, 4) is 0 Å². The number of hydrogen-bond donors (Lipinski definition) is 0. The maximum atomic E-state index is 6.25. The molecular weight excluding hydrogens is 261 g/mol. The zero-order valence-corrected chi connectivity index (χ0v) is 18.9. The van der Waals surface area contributed by atoms with Gasteiger partial charge in [0.2, 0.25) is 0 Å². The molecule has 0 aromatic carbocycles. The normalized spacial score (nSPS) is 0.600. The van der Waals surface area contributed by atoms with Crippen LogP contribution in [0.25, 0.3) is 0 Å². The maximum absolute atomic E-state index is 6.25. The Hall–Kier alpha value is 4.00. The molecule has 0 bridgehead atoms. The summed E-state index contributed by atoms with van der Waals surface area (Å²) in [5, 5.41) is 18.8. The van der Waals surface area contributed by atoms with Crippen LogP contribution in [-0.2, 0) is 19.5 Å². The van der Waals surface area contributed by atoms with Crippen LogP contribution in [0.4, 0.5) is 0 Å². The second-order valence-electron chi connectivity index (χ2n) is 0. The Morgan fingerprint density at radius 2 is 0.500 bits per heavy atom. The van der Waals surface area contributed by atoms with Gasteiger partial charge in [0.1, 0.15) is 0 Å².